The quantitative estimate of drug-likeness (QED) is 0.817. The van der Waals surface area contributed by atoms with Crippen molar-refractivity contribution in [3.05, 3.63) is 58.6 Å². The molecule has 2 N–H and O–H groups in total. The maximum absolute atomic E-state index is 12.4. The number of carbonyl (C=O) groups excluding carboxylic acids is 1. The minimum Gasteiger partial charge on any atom is -0.497 e. The van der Waals surface area contributed by atoms with E-state index in [0.29, 0.717) is 11.4 Å². The molecule has 2 aromatic carbocycles. The monoisotopic (exact) mass is 374 g/mol. The summed E-state index contributed by atoms with van der Waals surface area (Å²) >= 11 is 3.45. The number of hydrogen-bond acceptors (Lipinski definition) is 2. The van der Waals surface area contributed by atoms with Gasteiger partial charge in [0.2, 0.25) is 0 Å². The van der Waals surface area contributed by atoms with Gasteiger partial charge in [-0.15, -0.1) is 0 Å². The maximum Gasteiger partial charge on any atom is 0.319 e. The molecule has 120 valence electrons. The number of nitrogens with one attached hydrogen (secondary N) is 2. The molecule has 2 aromatic rings. The van der Waals surface area contributed by atoms with Gasteiger partial charge in [-0.1, -0.05) is 34.1 Å². The summed E-state index contributed by atoms with van der Waals surface area (Å²) in [6.07, 6.45) is 3.04. The van der Waals surface area contributed by atoms with Crippen molar-refractivity contribution in [3.8, 4) is 5.75 Å². The number of anilines is 1. The standard InChI is InChI=1S/C18H19BrN2O2/c1-23-16-5-2-4-15(12-16)20-17(22)21-18(10-3-11-18)13-6-8-14(19)9-7-13/h2,4-9,12H,3,10-11H2,1H3,(H2,20,21,22). The Hall–Kier alpha value is -2.01. The Kier molecular flexibility index (Phi) is 4.57. The van der Waals surface area contributed by atoms with Crippen molar-refractivity contribution in [2.75, 3.05) is 12.4 Å². The molecule has 0 spiro atoms. The molecule has 1 aliphatic rings. The van der Waals surface area contributed by atoms with Crippen LogP contribution in [0.5, 0.6) is 5.75 Å². The Labute approximate surface area is 144 Å². The second kappa shape index (κ2) is 6.62. The lowest BCUT2D eigenvalue weighted by molar-refractivity contribution is 0.185. The van der Waals surface area contributed by atoms with Crippen molar-refractivity contribution in [2.45, 2.75) is 24.8 Å². The molecule has 1 aliphatic carbocycles. The highest BCUT2D eigenvalue weighted by Crippen LogP contribution is 2.41. The van der Waals surface area contributed by atoms with E-state index in [4.69, 9.17) is 4.74 Å². The Morgan fingerprint density at radius 2 is 1.91 bits per heavy atom. The smallest absolute Gasteiger partial charge is 0.319 e. The van der Waals surface area contributed by atoms with Crippen molar-refractivity contribution >= 4 is 27.6 Å². The van der Waals surface area contributed by atoms with Crippen molar-refractivity contribution in [1.82, 2.24) is 5.32 Å². The van der Waals surface area contributed by atoms with E-state index in [2.05, 4.69) is 38.7 Å². The van der Waals surface area contributed by atoms with Crippen LogP contribution in [0.3, 0.4) is 0 Å². The number of amides is 2. The Balaban J connectivity index is 1.71. The van der Waals surface area contributed by atoms with Crippen LogP contribution in [0.1, 0.15) is 24.8 Å². The molecule has 0 atom stereocenters. The third kappa shape index (κ3) is 3.50. The first kappa shape index (κ1) is 15.9. The Morgan fingerprint density at radius 1 is 1.17 bits per heavy atom. The number of methoxy groups -OCH3 is 1. The average Bonchev–Trinajstić information content (AvgIpc) is 2.52. The van der Waals surface area contributed by atoms with E-state index in [9.17, 15) is 4.79 Å². The van der Waals surface area contributed by atoms with Gasteiger partial charge in [-0.05, 0) is 49.1 Å². The Morgan fingerprint density at radius 3 is 2.52 bits per heavy atom. The number of rotatable bonds is 4. The van der Waals surface area contributed by atoms with Crippen LogP contribution in [0.25, 0.3) is 0 Å². The fourth-order valence-corrected chi connectivity index (χ4v) is 3.13. The number of carbonyl (C=O) groups is 1. The van der Waals surface area contributed by atoms with Gasteiger partial charge in [-0.3, -0.25) is 0 Å². The van der Waals surface area contributed by atoms with E-state index in [0.717, 1.165) is 29.3 Å². The molecule has 0 bridgehead atoms. The third-order valence-corrected chi connectivity index (χ3v) is 4.81. The molecule has 4 nitrogen and oxygen atoms in total. The van der Waals surface area contributed by atoms with E-state index in [1.165, 1.54) is 0 Å². The van der Waals surface area contributed by atoms with Crippen molar-refractivity contribution in [1.29, 1.82) is 0 Å². The molecule has 5 heteroatoms. The summed E-state index contributed by atoms with van der Waals surface area (Å²) in [5, 5.41) is 6.03. The van der Waals surface area contributed by atoms with Gasteiger partial charge in [-0.25, -0.2) is 4.79 Å². The number of hydrogen-bond donors (Lipinski definition) is 2. The minimum atomic E-state index is -0.260. The van der Waals surface area contributed by atoms with Gasteiger partial charge >= 0.3 is 6.03 Å². The highest BCUT2D eigenvalue weighted by Gasteiger charge is 2.40. The summed E-state index contributed by atoms with van der Waals surface area (Å²) in [6.45, 7) is 0. The van der Waals surface area contributed by atoms with Crippen LogP contribution < -0.4 is 15.4 Å². The van der Waals surface area contributed by atoms with Crippen LogP contribution in [-0.4, -0.2) is 13.1 Å². The zero-order chi connectivity index (χ0) is 16.3. The summed E-state index contributed by atoms with van der Waals surface area (Å²) in [5.41, 5.74) is 1.60. The van der Waals surface area contributed by atoms with E-state index >= 15 is 0 Å². The molecule has 2 amide bonds. The molecular formula is C18H19BrN2O2. The minimum absolute atomic E-state index is 0.194. The molecule has 1 saturated carbocycles. The Bertz CT molecular complexity index is 696. The van der Waals surface area contributed by atoms with Crippen LogP contribution in [0.4, 0.5) is 10.5 Å². The van der Waals surface area contributed by atoms with Crippen LogP contribution >= 0.6 is 15.9 Å². The van der Waals surface area contributed by atoms with Gasteiger partial charge in [0.25, 0.3) is 0 Å². The SMILES string of the molecule is COc1cccc(NC(=O)NC2(c3ccc(Br)cc3)CCC2)c1. The topological polar surface area (TPSA) is 50.4 Å². The molecule has 23 heavy (non-hydrogen) atoms. The molecule has 0 radical (unpaired) electrons. The third-order valence-electron chi connectivity index (χ3n) is 4.28. The second-order valence-corrected chi connectivity index (χ2v) is 6.67. The molecule has 0 aromatic heterocycles. The van der Waals surface area contributed by atoms with Crippen LogP contribution in [0.2, 0.25) is 0 Å². The summed E-state index contributed by atoms with van der Waals surface area (Å²) in [5.74, 6) is 0.717. The fraction of sp³-hybridized carbons (Fsp3) is 0.278. The zero-order valence-corrected chi connectivity index (χ0v) is 14.5. The average molecular weight is 375 g/mol. The van der Waals surface area contributed by atoms with Crippen LogP contribution in [0.15, 0.2) is 53.0 Å². The van der Waals surface area contributed by atoms with E-state index in [-0.39, 0.29) is 11.6 Å². The van der Waals surface area contributed by atoms with Gasteiger partial charge < -0.3 is 15.4 Å². The highest BCUT2D eigenvalue weighted by atomic mass is 79.9. The van der Waals surface area contributed by atoms with Gasteiger partial charge in [0.15, 0.2) is 0 Å². The summed E-state index contributed by atoms with van der Waals surface area (Å²) in [6, 6.07) is 15.3. The number of urea groups is 1. The van der Waals surface area contributed by atoms with Crippen molar-refractivity contribution < 1.29 is 9.53 Å². The van der Waals surface area contributed by atoms with Gasteiger partial charge in [0.1, 0.15) is 5.75 Å². The van der Waals surface area contributed by atoms with E-state index < -0.39 is 0 Å². The second-order valence-electron chi connectivity index (χ2n) is 5.75. The lowest BCUT2D eigenvalue weighted by Gasteiger charge is -2.43. The maximum atomic E-state index is 12.4. The van der Waals surface area contributed by atoms with Crippen molar-refractivity contribution in [2.24, 2.45) is 0 Å². The van der Waals surface area contributed by atoms with E-state index in [1.54, 1.807) is 13.2 Å². The van der Waals surface area contributed by atoms with Gasteiger partial charge in [-0.2, -0.15) is 0 Å². The predicted molar refractivity (Wildman–Crippen MR) is 94.8 cm³/mol. The summed E-state index contributed by atoms with van der Waals surface area (Å²) < 4.78 is 6.21. The first-order chi connectivity index (χ1) is 11.1. The van der Waals surface area contributed by atoms with Crippen LogP contribution in [0, 0.1) is 0 Å². The molecule has 3 rings (SSSR count). The van der Waals surface area contributed by atoms with E-state index in [1.807, 2.05) is 30.3 Å². The number of ether oxygens (including phenoxy) is 1. The highest BCUT2D eigenvalue weighted by molar-refractivity contribution is 9.10. The fourth-order valence-electron chi connectivity index (χ4n) is 2.87. The molecule has 0 aliphatic heterocycles. The normalized spacial score (nSPS) is 15.4. The first-order valence-electron chi connectivity index (χ1n) is 7.61. The molecular weight excluding hydrogens is 356 g/mol. The number of benzene rings is 2. The molecule has 0 unspecified atom stereocenters. The van der Waals surface area contributed by atoms with Gasteiger partial charge in [0.05, 0.1) is 12.6 Å². The lowest BCUT2D eigenvalue weighted by Crippen LogP contribution is -2.52. The molecule has 0 saturated heterocycles. The predicted octanol–water partition coefficient (Wildman–Crippen LogP) is 4.66. The summed E-state index contributed by atoms with van der Waals surface area (Å²) in [4.78, 5) is 12.4. The summed E-state index contributed by atoms with van der Waals surface area (Å²) in [7, 11) is 1.61. The molecule has 1 fully saturated rings. The van der Waals surface area contributed by atoms with Crippen LogP contribution in [-0.2, 0) is 5.54 Å². The van der Waals surface area contributed by atoms with Crippen molar-refractivity contribution in [3.63, 3.8) is 0 Å². The van der Waals surface area contributed by atoms with Gasteiger partial charge in [0, 0.05) is 16.2 Å². The molecule has 0 heterocycles. The lowest BCUT2D eigenvalue weighted by atomic mass is 9.72. The first-order valence-corrected chi connectivity index (χ1v) is 8.40. The zero-order valence-electron chi connectivity index (χ0n) is 12.9. The largest absolute Gasteiger partial charge is 0.497 e. The number of halogens is 1.